The van der Waals surface area contributed by atoms with E-state index in [2.05, 4.69) is 5.32 Å². The van der Waals surface area contributed by atoms with Gasteiger partial charge in [0.1, 0.15) is 11.9 Å². The van der Waals surface area contributed by atoms with Gasteiger partial charge >= 0.3 is 5.97 Å². The summed E-state index contributed by atoms with van der Waals surface area (Å²) >= 11 is 1.56. The molecule has 0 saturated carbocycles. The molecule has 1 aromatic carbocycles. The summed E-state index contributed by atoms with van der Waals surface area (Å²) in [4.78, 5) is 37.3. The van der Waals surface area contributed by atoms with Gasteiger partial charge in [0.05, 0.1) is 4.87 Å². The Morgan fingerprint density at radius 1 is 1.44 bits per heavy atom. The molecule has 1 N–H and O–H groups in total. The number of esters is 1. The Hall–Kier alpha value is -2.09. The minimum atomic E-state index is -0.649. The highest BCUT2D eigenvalue weighted by Crippen LogP contribution is 2.47. The van der Waals surface area contributed by atoms with Crippen LogP contribution in [0.4, 0.5) is 4.39 Å². The van der Waals surface area contributed by atoms with Gasteiger partial charge in [-0.2, -0.15) is 0 Å². The predicted molar refractivity (Wildman–Crippen MR) is 89.9 cm³/mol. The van der Waals surface area contributed by atoms with Crippen molar-refractivity contribution in [3.8, 4) is 0 Å². The summed E-state index contributed by atoms with van der Waals surface area (Å²) in [5.41, 5.74) is 0.354. The molecule has 2 atom stereocenters. The maximum atomic E-state index is 13.5. The molecule has 2 aliphatic rings. The van der Waals surface area contributed by atoms with Crippen molar-refractivity contribution in [1.82, 2.24) is 10.2 Å². The van der Waals surface area contributed by atoms with E-state index < -0.39 is 30.3 Å². The normalized spacial score (nSPS) is 25.0. The van der Waals surface area contributed by atoms with Gasteiger partial charge in [0.2, 0.25) is 5.91 Å². The van der Waals surface area contributed by atoms with Crippen LogP contribution in [0.5, 0.6) is 0 Å². The Kier molecular flexibility index (Phi) is 4.99. The molecule has 2 heterocycles. The summed E-state index contributed by atoms with van der Waals surface area (Å²) in [6.45, 7) is 1.51. The lowest BCUT2D eigenvalue weighted by molar-refractivity contribution is -0.156. The highest BCUT2D eigenvalue weighted by atomic mass is 32.2. The number of hydrogen-bond donors (Lipinski definition) is 1. The largest absolute Gasteiger partial charge is 0.454 e. The number of amides is 2. The first-order chi connectivity index (χ1) is 11.9. The van der Waals surface area contributed by atoms with E-state index in [-0.39, 0.29) is 17.3 Å². The van der Waals surface area contributed by atoms with Crippen molar-refractivity contribution >= 4 is 29.5 Å². The predicted octanol–water partition coefficient (Wildman–Crippen LogP) is 1.44. The lowest BCUT2D eigenvalue weighted by Crippen LogP contribution is -2.47. The molecule has 2 amide bonds. The molecule has 0 bridgehead atoms. The van der Waals surface area contributed by atoms with Crippen LogP contribution in [0, 0.1) is 5.82 Å². The van der Waals surface area contributed by atoms with E-state index in [1.54, 1.807) is 34.9 Å². The third kappa shape index (κ3) is 3.63. The zero-order valence-corrected chi connectivity index (χ0v) is 14.6. The van der Waals surface area contributed by atoms with Gasteiger partial charge in [-0.15, -0.1) is 11.8 Å². The molecular formula is C17H19FN2O4S. The van der Waals surface area contributed by atoms with Crippen molar-refractivity contribution in [2.45, 2.75) is 37.2 Å². The van der Waals surface area contributed by atoms with Crippen molar-refractivity contribution in [2.75, 3.05) is 12.4 Å². The van der Waals surface area contributed by atoms with Gasteiger partial charge in [0.15, 0.2) is 6.61 Å². The van der Waals surface area contributed by atoms with Crippen molar-refractivity contribution < 1.29 is 23.5 Å². The van der Waals surface area contributed by atoms with Crippen LogP contribution in [-0.4, -0.2) is 46.0 Å². The van der Waals surface area contributed by atoms with Crippen LogP contribution >= 0.6 is 11.8 Å². The molecule has 1 aromatic rings. The number of carbonyl (C=O) groups is 3. The van der Waals surface area contributed by atoms with Crippen LogP contribution in [0.15, 0.2) is 24.3 Å². The first-order valence-electron chi connectivity index (χ1n) is 8.03. The summed E-state index contributed by atoms with van der Waals surface area (Å²) in [5, 5.41) is 2.51. The molecule has 2 aliphatic heterocycles. The Labute approximate surface area is 149 Å². The number of benzene rings is 1. The van der Waals surface area contributed by atoms with E-state index in [9.17, 15) is 18.8 Å². The van der Waals surface area contributed by atoms with Crippen LogP contribution in [0.1, 0.15) is 25.3 Å². The minimum Gasteiger partial charge on any atom is -0.454 e. The van der Waals surface area contributed by atoms with E-state index in [0.717, 1.165) is 0 Å². The molecule has 0 aliphatic carbocycles. The number of rotatable bonds is 5. The molecule has 3 rings (SSSR count). The van der Waals surface area contributed by atoms with Crippen molar-refractivity contribution in [2.24, 2.45) is 0 Å². The van der Waals surface area contributed by atoms with Gasteiger partial charge in [-0.3, -0.25) is 9.59 Å². The third-order valence-electron chi connectivity index (χ3n) is 4.50. The lowest BCUT2D eigenvalue weighted by Gasteiger charge is -2.29. The summed E-state index contributed by atoms with van der Waals surface area (Å²) in [5.74, 6) is -1.09. The molecule has 0 unspecified atom stereocenters. The van der Waals surface area contributed by atoms with E-state index in [4.69, 9.17) is 4.74 Å². The van der Waals surface area contributed by atoms with Crippen molar-refractivity contribution in [3.63, 3.8) is 0 Å². The summed E-state index contributed by atoms with van der Waals surface area (Å²) in [7, 11) is 0. The zero-order chi connectivity index (χ0) is 18.0. The average molecular weight is 366 g/mol. The average Bonchev–Trinajstić information content (AvgIpc) is 3.08. The minimum absolute atomic E-state index is 0.0189. The van der Waals surface area contributed by atoms with E-state index >= 15 is 0 Å². The van der Waals surface area contributed by atoms with Gasteiger partial charge in [-0.05, 0) is 19.4 Å². The molecule has 2 fully saturated rings. The molecular weight excluding hydrogens is 347 g/mol. The molecule has 0 spiro atoms. The van der Waals surface area contributed by atoms with Crippen molar-refractivity contribution in [1.29, 1.82) is 0 Å². The summed E-state index contributed by atoms with van der Waals surface area (Å²) < 4.78 is 18.5. The number of hydrogen-bond acceptors (Lipinski definition) is 5. The van der Waals surface area contributed by atoms with Gasteiger partial charge in [0.25, 0.3) is 5.91 Å². The fraction of sp³-hybridized carbons (Fsp3) is 0.471. The Morgan fingerprint density at radius 3 is 2.96 bits per heavy atom. The number of thioether (sulfide) groups is 1. The smallest absolute Gasteiger partial charge is 0.330 e. The molecule has 8 heteroatoms. The van der Waals surface area contributed by atoms with Crippen LogP contribution in [0.3, 0.4) is 0 Å². The highest BCUT2D eigenvalue weighted by molar-refractivity contribution is 8.01. The van der Waals surface area contributed by atoms with E-state index in [1.807, 2.05) is 6.92 Å². The fourth-order valence-electron chi connectivity index (χ4n) is 3.11. The first kappa shape index (κ1) is 17.7. The van der Waals surface area contributed by atoms with Gasteiger partial charge < -0.3 is 15.0 Å². The topological polar surface area (TPSA) is 75.7 Å². The Balaban J connectivity index is 1.48. The van der Waals surface area contributed by atoms with E-state index in [1.165, 1.54) is 6.07 Å². The molecule has 134 valence electrons. The number of halogens is 1. The quantitative estimate of drug-likeness (QED) is 0.798. The maximum absolute atomic E-state index is 13.5. The third-order valence-corrected chi connectivity index (χ3v) is 6.00. The van der Waals surface area contributed by atoms with Gasteiger partial charge in [-0.25, -0.2) is 9.18 Å². The summed E-state index contributed by atoms with van der Waals surface area (Å²) in [6, 6.07) is 5.46. The molecule has 2 saturated heterocycles. The van der Waals surface area contributed by atoms with Gasteiger partial charge in [-0.1, -0.05) is 18.2 Å². The molecule has 0 aromatic heterocycles. The van der Waals surface area contributed by atoms with Crippen LogP contribution in [0.25, 0.3) is 0 Å². The second-order valence-corrected chi connectivity index (χ2v) is 7.74. The number of carbonyl (C=O) groups excluding carboxylic acids is 3. The van der Waals surface area contributed by atoms with Crippen LogP contribution < -0.4 is 5.32 Å². The maximum Gasteiger partial charge on any atom is 0.330 e. The number of ether oxygens (including phenoxy) is 1. The van der Waals surface area contributed by atoms with Crippen LogP contribution in [0.2, 0.25) is 0 Å². The van der Waals surface area contributed by atoms with Gasteiger partial charge in [0, 0.05) is 24.3 Å². The number of fused-ring (bicyclic) bond motifs is 1. The number of nitrogens with zero attached hydrogens (tertiary/aromatic N) is 1. The number of nitrogens with one attached hydrogen (secondary N) is 1. The molecule has 6 nitrogen and oxygen atoms in total. The second kappa shape index (κ2) is 7.03. The second-order valence-electron chi connectivity index (χ2n) is 6.24. The molecule has 0 radical (unpaired) electrons. The monoisotopic (exact) mass is 366 g/mol. The van der Waals surface area contributed by atoms with Crippen LogP contribution in [-0.2, 0) is 25.7 Å². The lowest BCUT2D eigenvalue weighted by atomic mass is 10.2. The van der Waals surface area contributed by atoms with E-state index in [0.29, 0.717) is 24.2 Å². The van der Waals surface area contributed by atoms with Crippen molar-refractivity contribution in [3.05, 3.63) is 35.6 Å². The first-order valence-corrected chi connectivity index (χ1v) is 9.02. The Morgan fingerprint density at radius 2 is 2.20 bits per heavy atom. The molecule has 25 heavy (non-hydrogen) atoms. The standard InChI is InChI=1S/C17H19FN2O4S/c1-17-7-6-15(22)20(17)13(10-25-17)16(23)24-9-14(21)19-8-11-4-2-3-5-12(11)18/h2-5,13H,6-10H2,1H3,(H,19,21)/t13-,17+/m0/s1. The SMILES string of the molecule is C[C@@]12CCC(=O)N1[C@H](C(=O)OCC(=O)NCc1ccccc1F)CS2. The summed E-state index contributed by atoms with van der Waals surface area (Å²) in [6.07, 6.45) is 1.14. The fourth-order valence-corrected chi connectivity index (χ4v) is 4.53. The highest BCUT2D eigenvalue weighted by Gasteiger charge is 2.53. The Bertz CT molecular complexity index is 714. The zero-order valence-electron chi connectivity index (χ0n) is 13.8.